The Bertz CT molecular complexity index is 428. The van der Waals surface area contributed by atoms with Crippen LogP contribution in [0.25, 0.3) is 0 Å². The summed E-state index contributed by atoms with van der Waals surface area (Å²) in [6.07, 6.45) is 2.36. The standard InChI is InChI=1S/C14H20N2O2/c1-2-18-12-6-4-3-5-11(12)7-10-16-13(17)14(15)8-9-14/h3-6H,2,7-10,15H2,1H3,(H,16,17). The van der Waals surface area contributed by atoms with E-state index in [1.165, 1.54) is 0 Å². The lowest BCUT2D eigenvalue weighted by Crippen LogP contribution is -2.43. The van der Waals surface area contributed by atoms with Crippen LogP contribution in [0.4, 0.5) is 0 Å². The van der Waals surface area contributed by atoms with Crippen molar-refractivity contribution in [1.82, 2.24) is 5.32 Å². The lowest BCUT2D eigenvalue weighted by molar-refractivity contribution is -0.123. The normalized spacial score (nSPS) is 16.1. The lowest BCUT2D eigenvalue weighted by Gasteiger charge is -2.12. The summed E-state index contributed by atoms with van der Waals surface area (Å²) in [7, 11) is 0. The number of nitrogens with one attached hydrogen (secondary N) is 1. The molecule has 0 aliphatic heterocycles. The van der Waals surface area contributed by atoms with Gasteiger partial charge in [-0.3, -0.25) is 4.79 Å². The number of carbonyl (C=O) groups excluding carboxylic acids is 1. The minimum absolute atomic E-state index is 0.0311. The third kappa shape index (κ3) is 3.01. The number of benzene rings is 1. The van der Waals surface area contributed by atoms with E-state index in [1.807, 2.05) is 31.2 Å². The molecule has 3 N–H and O–H groups in total. The minimum atomic E-state index is -0.584. The van der Waals surface area contributed by atoms with Crippen LogP contribution in [0.5, 0.6) is 5.75 Å². The van der Waals surface area contributed by atoms with Gasteiger partial charge < -0.3 is 15.8 Å². The summed E-state index contributed by atoms with van der Waals surface area (Å²) in [4.78, 5) is 11.7. The third-order valence-corrected chi connectivity index (χ3v) is 3.19. The SMILES string of the molecule is CCOc1ccccc1CCNC(=O)C1(N)CC1. The molecule has 1 saturated carbocycles. The first-order valence-corrected chi connectivity index (χ1v) is 6.43. The molecule has 1 aromatic carbocycles. The van der Waals surface area contributed by atoms with E-state index in [0.717, 1.165) is 30.6 Å². The van der Waals surface area contributed by atoms with Crippen LogP contribution in [0.1, 0.15) is 25.3 Å². The Balaban J connectivity index is 1.84. The summed E-state index contributed by atoms with van der Waals surface area (Å²) >= 11 is 0. The second kappa shape index (κ2) is 5.40. The number of ether oxygens (including phenoxy) is 1. The molecule has 18 heavy (non-hydrogen) atoms. The molecule has 4 nitrogen and oxygen atoms in total. The van der Waals surface area contributed by atoms with Gasteiger partial charge in [0, 0.05) is 6.54 Å². The van der Waals surface area contributed by atoms with E-state index in [2.05, 4.69) is 5.32 Å². The summed E-state index contributed by atoms with van der Waals surface area (Å²) in [5.41, 5.74) is 6.34. The maximum atomic E-state index is 11.7. The van der Waals surface area contributed by atoms with Crippen molar-refractivity contribution in [3.63, 3.8) is 0 Å². The van der Waals surface area contributed by atoms with E-state index in [9.17, 15) is 4.79 Å². The highest BCUT2D eigenvalue weighted by atomic mass is 16.5. The van der Waals surface area contributed by atoms with Crippen LogP contribution < -0.4 is 15.8 Å². The second-order valence-electron chi connectivity index (χ2n) is 4.70. The molecule has 0 spiro atoms. The molecule has 98 valence electrons. The van der Waals surface area contributed by atoms with Crippen LogP contribution in [0.3, 0.4) is 0 Å². The molecule has 4 heteroatoms. The molecular weight excluding hydrogens is 228 g/mol. The van der Waals surface area contributed by atoms with E-state index in [-0.39, 0.29) is 5.91 Å². The number of carbonyl (C=O) groups is 1. The lowest BCUT2D eigenvalue weighted by atomic mass is 10.1. The monoisotopic (exact) mass is 248 g/mol. The van der Waals surface area contributed by atoms with Crippen molar-refractivity contribution in [1.29, 1.82) is 0 Å². The van der Waals surface area contributed by atoms with Gasteiger partial charge in [-0.2, -0.15) is 0 Å². The Morgan fingerprint density at radius 1 is 1.44 bits per heavy atom. The Morgan fingerprint density at radius 3 is 2.83 bits per heavy atom. The van der Waals surface area contributed by atoms with Crippen LogP contribution in [0.2, 0.25) is 0 Å². The highest BCUT2D eigenvalue weighted by molar-refractivity contribution is 5.88. The molecule has 0 heterocycles. The first-order valence-electron chi connectivity index (χ1n) is 6.43. The predicted molar refractivity (Wildman–Crippen MR) is 70.5 cm³/mol. The summed E-state index contributed by atoms with van der Waals surface area (Å²) in [6.45, 7) is 3.21. The number of nitrogens with two attached hydrogens (primary N) is 1. The van der Waals surface area contributed by atoms with Gasteiger partial charge in [-0.05, 0) is 37.8 Å². The predicted octanol–water partition coefficient (Wildman–Crippen LogP) is 1.24. The van der Waals surface area contributed by atoms with Crippen LogP contribution >= 0.6 is 0 Å². The molecular formula is C14H20N2O2. The number of amides is 1. The van der Waals surface area contributed by atoms with Crippen molar-refractivity contribution in [3.8, 4) is 5.75 Å². The summed E-state index contributed by atoms with van der Waals surface area (Å²) in [5, 5.41) is 2.88. The van der Waals surface area contributed by atoms with Gasteiger partial charge in [0.05, 0.1) is 12.1 Å². The van der Waals surface area contributed by atoms with Crippen molar-refractivity contribution in [2.75, 3.05) is 13.2 Å². The zero-order chi connectivity index (χ0) is 13.0. The van der Waals surface area contributed by atoms with Crippen molar-refractivity contribution < 1.29 is 9.53 Å². The van der Waals surface area contributed by atoms with Gasteiger partial charge in [0.1, 0.15) is 5.75 Å². The van der Waals surface area contributed by atoms with Crippen LogP contribution in [-0.4, -0.2) is 24.6 Å². The van der Waals surface area contributed by atoms with E-state index in [4.69, 9.17) is 10.5 Å². The molecule has 0 radical (unpaired) electrons. The van der Waals surface area contributed by atoms with E-state index in [1.54, 1.807) is 0 Å². The number of hydrogen-bond acceptors (Lipinski definition) is 3. The largest absolute Gasteiger partial charge is 0.494 e. The minimum Gasteiger partial charge on any atom is -0.494 e. The van der Waals surface area contributed by atoms with Gasteiger partial charge in [-0.15, -0.1) is 0 Å². The van der Waals surface area contributed by atoms with Crippen molar-refractivity contribution >= 4 is 5.91 Å². The molecule has 0 aromatic heterocycles. The smallest absolute Gasteiger partial charge is 0.240 e. The molecule has 1 amide bonds. The summed E-state index contributed by atoms with van der Waals surface area (Å²) < 4.78 is 5.54. The number of hydrogen-bond donors (Lipinski definition) is 2. The Kier molecular flexibility index (Phi) is 3.87. The van der Waals surface area contributed by atoms with Gasteiger partial charge in [-0.25, -0.2) is 0 Å². The molecule has 1 aromatic rings. The Hall–Kier alpha value is -1.55. The van der Waals surface area contributed by atoms with Crippen LogP contribution in [0, 0.1) is 0 Å². The second-order valence-corrected chi connectivity index (χ2v) is 4.70. The van der Waals surface area contributed by atoms with E-state index >= 15 is 0 Å². The molecule has 0 bridgehead atoms. The third-order valence-electron chi connectivity index (χ3n) is 3.19. The van der Waals surface area contributed by atoms with E-state index < -0.39 is 5.54 Å². The molecule has 1 aliphatic rings. The van der Waals surface area contributed by atoms with Crippen LogP contribution in [-0.2, 0) is 11.2 Å². The van der Waals surface area contributed by atoms with Gasteiger partial charge >= 0.3 is 0 Å². The zero-order valence-corrected chi connectivity index (χ0v) is 10.7. The topological polar surface area (TPSA) is 64.3 Å². The number of para-hydroxylation sites is 1. The first kappa shape index (κ1) is 12.9. The molecule has 1 aliphatic carbocycles. The van der Waals surface area contributed by atoms with Crippen molar-refractivity contribution in [3.05, 3.63) is 29.8 Å². The molecule has 1 fully saturated rings. The fraction of sp³-hybridized carbons (Fsp3) is 0.500. The first-order chi connectivity index (χ1) is 8.65. The summed E-state index contributed by atoms with van der Waals surface area (Å²) in [6, 6.07) is 7.90. The van der Waals surface area contributed by atoms with Crippen molar-refractivity contribution in [2.24, 2.45) is 5.73 Å². The van der Waals surface area contributed by atoms with E-state index in [0.29, 0.717) is 13.2 Å². The number of rotatable bonds is 6. The van der Waals surface area contributed by atoms with Crippen molar-refractivity contribution in [2.45, 2.75) is 31.7 Å². The molecule has 0 saturated heterocycles. The summed E-state index contributed by atoms with van der Waals surface area (Å²) in [5.74, 6) is 0.861. The van der Waals surface area contributed by atoms with Gasteiger partial charge in [-0.1, -0.05) is 18.2 Å². The Morgan fingerprint density at radius 2 is 2.17 bits per heavy atom. The van der Waals surface area contributed by atoms with Crippen LogP contribution in [0.15, 0.2) is 24.3 Å². The highest BCUT2D eigenvalue weighted by Crippen LogP contribution is 2.32. The fourth-order valence-corrected chi connectivity index (χ4v) is 1.86. The van der Waals surface area contributed by atoms with Gasteiger partial charge in [0.2, 0.25) is 5.91 Å². The molecule has 0 unspecified atom stereocenters. The van der Waals surface area contributed by atoms with Gasteiger partial charge in [0.25, 0.3) is 0 Å². The Labute approximate surface area is 108 Å². The molecule has 0 atom stereocenters. The molecule has 2 rings (SSSR count). The average Bonchev–Trinajstić information content (AvgIpc) is 3.11. The highest BCUT2D eigenvalue weighted by Gasteiger charge is 2.45. The maximum Gasteiger partial charge on any atom is 0.240 e. The average molecular weight is 248 g/mol. The quantitative estimate of drug-likeness (QED) is 0.796. The zero-order valence-electron chi connectivity index (χ0n) is 10.7. The van der Waals surface area contributed by atoms with Gasteiger partial charge in [0.15, 0.2) is 0 Å². The maximum absolute atomic E-state index is 11.7. The fourth-order valence-electron chi connectivity index (χ4n) is 1.86.